The molecule has 84 valence electrons. The molecule has 0 radical (unpaired) electrons. The summed E-state index contributed by atoms with van der Waals surface area (Å²) in [5, 5.41) is 12.5. The SMILES string of the molecule is CCc1ccc(CNCC2(CO)CC2)o1. The molecule has 0 aliphatic heterocycles. The van der Waals surface area contributed by atoms with Crippen molar-refractivity contribution in [2.24, 2.45) is 5.41 Å². The fourth-order valence-electron chi connectivity index (χ4n) is 1.73. The summed E-state index contributed by atoms with van der Waals surface area (Å²) in [6.45, 7) is 4.05. The molecule has 1 aromatic rings. The minimum Gasteiger partial charge on any atom is -0.465 e. The molecule has 0 aromatic carbocycles. The predicted molar refractivity (Wildman–Crippen MR) is 58.5 cm³/mol. The second kappa shape index (κ2) is 4.37. The van der Waals surface area contributed by atoms with Gasteiger partial charge in [0, 0.05) is 25.0 Å². The first-order valence-corrected chi connectivity index (χ1v) is 5.67. The van der Waals surface area contributed by atoms with Gasteiger partial charge < -0.3 is 14.8 Å². The van der Waals surface area contributed by atoms with Crippen molar-refractivity contribution >= 4 is 0 Å². The molecule has 15 heavy (non-hydrogen) atoms. The Bertz CT molecular complexity index is 315. The molecule has 1 aliphatic carbocycles. The van der Waals surface area contributed by atoms with Gasteiger partial charge in [0.05, 0.1) is 6.54 Å². The average molecular weight is 209 g/mol. The van der Waals surface area contributed by atoms with E-state index in [9.17, 15) is 0 Å². The van der Waals surface area contributed by atoms with E-state index in [1.807, 2.05) is 12.1 Å². The van der Waals surface area contributed by atoms with Gasteiger partial charge in [-0.25, -0.2) is 0 Å². The Labute approximate surface area is 90.5 Å². The number of hydrogen-bond donors (Lipinski definition) is 2. The number of nitrogens with one attached hydrogen (secondary N) is 1. The Kier molecular flexibility index (Phi) is 3.12. The molecule has 1 aliphatic rings. The molecule has 0 amide bonds. The molecule has 1 fully saturated rings. The van der Waals surface area contributed by atoms with E-state index < -0.39 is 0 Å². The Morgan fingerprint density at radius 1 is 1.40 bits per heavy atom. The number of aryl methyl sites for hydroxylation is 1. The molecule has 1 aromatic heterocycles. The van der Waals surface area contributed by atoms with Crippen LogP contribution in [0.5, 0.6) is 0 Å². The first kappa shape index (κ1) is 10.7. The molecule has 1 saturated carbocycles. The van der Waals surface area contributed by atoms with Crippen LogP contribution in [0, 0.1) is 5.41 Å². The first-order chi connectivity index (χ1) is 7.28. The van der Waals surface area contributed by atoms with Gasteiger partial charge in [-0.05, 0) is 25.0 Å². The lowest BCUT2D eigenvalue weighted by atomic mass is 10.1. The van der Waals surface area contributed by atoms with Crippen LogP contribution in [-0.4, -0.2) is 18.3 Å². The van der Waals surface area contributed by atoms with Crippen LogP contribution in [-0.2, 0) is 13.0 Å². The first-order valence-electron chi connectivity index (χ1n) is 5.67. The number of furan rings is 1. The molecule has 3 nitrogen and oxygen atoms in total. The number of hydrogen-bond acceptors (Lipinski definition) is 3. The van der Waals surface area contributed by atoms with E-state index in [-0.39, 0.29) is 5.41 Å². The fraction of sp³-hybridized carbons (Fsp3) is 0.667. The quantitative estimate of drug-likeness (QED) is 0.749. The van der Waals surface area contributed by atoms with Crippen LogP contribution in [0.2, 0.25) is 0 Å². The zero-order chi connectivity index (χ0) is 10.7. The van der Waals surface area contributed by atoms with Crippen LogP contribution in [0.15, 0.2) is 16.5 Å². The summed E-state index contributed by atoms with van der Waals surface area (Å²) in [4.78, 5) is 0. The summed E-state index contributed by atoms with van der Waals surface area (Å²) in [5.74, 6) is 2.02. The molecule has 0 bridgehead atoms. The third-order valence-electron chi connectivity index (χ3n) is 3.16. The van der Waals surface area contributed by atoms with E-state index >= 15 is 0 Å². The number of aliphatic hydroxyl groups excluding tert-OH is 1. The molecular formula is C12H19NO2. The lowest BCUT2D eigenvalue weighted by Gasteiger charge is -2.11. The van der Waals surface area contributed by atoms with Crippen LogP contribution in [0.25, 0.3) is 0 Å². The summed E-state index contributed by atoms with van der Waals surface area (Å²) < 4.78 is 5.58. The van der Waals surface area contributed by atoms with Gasteiger partial charge >= 0.3 is 0 Å². The van der Waals surface area contributed by atoms with Gasteiger partial charge in [-0.2, -0.15) is 0 Å². The average Bonchev–Trinajstić information content (AvgIpc) is 2.89. The Hall–Kier alpha value is -0.800. The van der Waals surface area contributed by atoms with Crippen LogP contribution in [0.3, 0.4) is 0 Å². The van der Waals surface area contributed by atoms with Crippen molar-refractivity contribution in [1.29, 1.82) is 0 Å². The second-order valence-corrected chi connectivity index (χ2v) is 4.48. The van der Waals surface area contributed by atoms with E-state index in [0.29, 0.717) is 6.61 Å². The highest BCUT2D eigenvalue weighted by Crippen LogP contribution is 2.44. The highest BCUT2D eigenvalue weighted by atomic mass is 16.3. The Morgan fingerprint density at radius 3 is 2.67 bits per heavy atom. The molecule has 2 rings (SSSR count). The molecule has 3 heteroatoms. The maximum absolute atomic E-state index is 9.13. The molecule has 0 unspecified atom stereocenters. The van der Waals surface area contributed by atoms with Gasteiger partial charge in [-0.1, -0.05) is 6.92 Å². The van der Waals surface area contributed by atoms with Crippen molar-refractivity contribution in [2.45, 2.75) is 32.7 Å². The predicted octanol–water partition coefficient (Wildman–Crippen LogP) is 1.70. The molecule has 0 saturated heterocycles. The van der Waals surface area contributed by atoms with E-state index in [4.69, 9.17) is 9.52 Å². The van der Waals surface area contributed by atoms with E-state index in [0.717, 1.165) is 43.9 Å². The van der Waals surface area contributed by atoms with Gasteiger partial charge in [0.15, 0.2) is 0 Å². The smallest absolute Gasteiger partial charge is 0.117 e. The fourth-order valence-corrected chi connectivity index (χ4v) is 1.73. The maximum Gasteiger partial charge on any atom is 0.117 e. The van der Waals surface area contributed by atoms with Gasteiger partial charge in [0.1, 0.15) is 11.5 Å². The molecule has 0 spiro atoms. The van der Waals surface area contributed by atoms with Gasteiger partial charge in [-0.15, -0.1) is 0 Å². The van der Waals surface area contributed by atoms with Gasteiger partial charge in [0.2, 0.25) is 0 Å². The summed E-state index contributed by atoms with van der Waals surface area (Å²) in [7, 11) is 0. The zero-order valence-corrected chi connectivity index (χ0v) is 9.25. The van der Waals surface area contributed by atoms with Crippen LogP contribution >= 0.6 is 0 Å². The minimum absolute atomic E-state index is 0.181. The maximum atomic E-state index is 9.13. The highest BCUT2D eigenvalue weighted by molar-refractivity contribution is 5.07. The van der Waals surface area contributed by atoms with Crippen molar-refractivity contribution in [3.8, 4) is 0 Å². The monoisotopic (exact) mass is 209 g/mol. The lowest BCUT2D eigenvalue weighted by molar-refractivity contribution is 0.206. The van der Waals surface area contributed by atoms with E-state index in [1.165, 1.54) is 0 Å². The van der Waals surface area contributed by atoms with Crippen LogP contribution in [0.1, 0.15) is 31.3 Å². The molecule has 1 heterocycles. The minimum atomic E-state index is 0.181. The topological polar surface area (TPSA) is 45.4 Å². The van der Waals surface area contributed by atoms with Crippen molar-refractivity contribution < 1.29 is 9.52 Å². The van der Waals surface area contributed by atoms with E-state index in [2.05, 4.69) is 12.2 Å². The summed E-state index contributed by atoms with van der Waals surface area (Å²) in [6, 6.07) is 4.04. The van der Waals surface area contributed by atoms with Crippen molar-refractivity contribution in [1.82, 2.24) is 5.32 Å². The molecule has 2 N–H and O–H groups in total. The summed E-state index contributed by atoms with van der Waals surface area (Å²) in [6.07, 6.45) is 3.24. The Balaban J connectivity index is 1.73. The third kappa shape index (κ3) is 2.61. The second-order valence-electron chi connectivity index (χ2n) is 4.48. The highest BCUT2D eigenvalue weighted by Gasteiger charge is 2.41. The van der Waals surface area contributed by atoms with Crippen LogP contribution in [0.4, 0.5) is 0 Å². The number of rotatable bonds is 6. The molecular weight excluding hydrogens is 190 g/mol. The summed E-state index contributed by atoms with van der Waals surface area (Å²) >= 11 is 0. The largest absolute Gasteiger partial charge is 0.465 e. The normalized spacial score (nSPS) is 18.0. The third-order valence-corrected chi connectivity index (χ3v) is 3.16. The van der Waals surface area contributed by atoms with Crippen molar-refractivity contribution in [3.05, 3.63) is 23.7 Å². The van der Waals surface area contributed by atoms with Crippen LogP contribution < -0.4 is 5.32 Å². The Morgan fingerprint density at radius 2 is 2.13 bits per heavy atom. The van der Waals surface area contributed by atoms with Gasteiger partial charge in [-0.3, -0.25) is 0 Å². The van der Waals surface area contributed by atoms with Crippen molar-refractivity contribution in [3.63, 3.8) is 0 Å². The molecule has 0 atom stereocenters. The lowest BCUT2D eigenvalue weighted by Crippen LogP contribution is -2.25. The number of aliphatic hydroxyl groups is 1. The van der Waals surface area contributed by atoms with Crippen molar-refractivity contribution in [2.75, 3.05) is 13.2 Å². The van der Waals surface area contributed by atoms with E-state index in [1.54, 1.807) is 0 Å². The van der Waals surface area contributed by atoms with Gasteiger partial charge in [0.25, 0.3) is 0 Å². The standard InChI is InChI=1S/C12H19NO2/c1-2-10-3-4-11(15-10)7-13-8-12(9-14)5-6-12/h3-4,13-14H,2,5-9H2,1H3. The zero-order valence-electron chi connectivity index (χ0n) is 9.25. The summed E-state index contributed by atoms with van der Waals surface area (Å²) in [5.41, 5.74) is 0.181.